The van der Waals surface area contributed by atoms with Gasteiger partial charge < -0.3 is 11.1 Å². The lowest BCUT2D eigenvalue weighted by Gasteiger charge is -2.12. The second kappa shape index (κ2) is 4.54. The number of benzene rings is 1. The molecule has 0 heterocycles. The van der Waals surface area contributed by atoms with E-state index in [0.717, 1.165) is 5.69 Å². The van der Waals surface area contributed by atoms with Crippen molar-refractivity contribution in [3.63, 3.8) is 0 Å². The van der Waals surface area contributed by atoms with Gasteiger partial charge in [-0.25, -0.2) is 13.6 Å². The minimum Gasteiger partial charge on any atom is -0.398 e. The molecule has 1 rings (SSSR count). The number of anilines is 2. The third kappa shape index (κ3) is 2.98. The van der Waals surface area contributed by atoms with E-state index in [1.54, 1.807) is 12.1 Å². The molecule has 88 valence electrons. The molecule has 0 saturated heterocycles. The molecule has 5 nitrogen and oxygen atoms in total. The summed E-state index contributed by atoms with van der Waals surface area (Å²) < 4.78 is 22.2. The third-order valence-corrected chi connectivity index (χ3v) is 3.05. The van der Waals surface area contributed by atoms with Gasteiger partial charge in [-0.15, -0.1) is 6.58 Å². The molecule has 1 aromatic rings. The molecule has 0 aliphatic rings. The summed E-state index contributed by atoms with van der Waals surface area (Å²) in [4.78, 5) is -0.0655. The Morgan fingerprint density at radius 2 is 2.12 bits per heavy atom. The maximum atomic E-state index is 11.1. The summed E-state index contributed by atoms with van der Waals surface area (Å²) >= 11 is 0. The molecule has 0 fully saturated rings. The van der Waals surface area contributed by atoms with Crippen molar-refractivity contribution in [1.82, 2.24) is 0 Å². The lowest BCUT2D eigenvalue weighted by Crippen LogP contribution is -2.15. The van der Waals surface area contributed by atoms with E-state index in [0.29, 0.717) is 0 Å². The number of hydrogen-bond acceptors (Lipinski definition) is 4. The second-order valence-electron chi connectivity index (χ2n) is 3.47. The normalized spacial score (nSPS) is 13.1. The molecular formula is C10H15N3O2S. The number of primary sulfonamides is 1. The first kappa shape index (κ1) is 12.5. The van der Waals surface area contributed by atoms with E-state index in [4.69, 9.17) is 10.9 Å². The Bertz CT molecular complexity index is 497. The van der Waals surface area contributed by atoms with Crippen LogP contribution in [0.2, 0.25) is 0 Å². The fraction of sp³-hybridized carbons (Fsp3) is 0.200. The Kier molecular flexibility index (Phi) is 3.56. The number of rotatable bonds is 4. The minimum atomic E-state index is -3.76. The predicted molar refractivity (Wildman–Crippen MR) is 65.5 cm³/mol. The monoisotopic (exact) mass is 241 g/mol. The highest BCUT2D eigenvalue weighted by molar-refractivity contribution is 7.89. The molecule has 0 aliphatic heterocycles. The highest BCUT2D eigenvalue weighted by Gasteiger charge is 2.12. The quantitative estimate of drug-likeness (QED) is 0.539. The van der Waals surface area contributed by atoms with Crippen molar-refractivity contribution >= 4 is 21.4 Å². The zero-order valence-electron chi connectivity index (χ0n) is 8.97. The summed E-state index contributed by atoms with van der Waals surface area (Å²) in [6.45, 7) is 5.54. The summed E-state index contributed by atoms with van der Waals surface area (Å²) in [5.41, 5.74) is 6.45. The molecule has 1 atom stereocenters. The van der Waals surface area contributed by atoms with Crippen LogP contribution in [0, 0.1) is 0 Å². The molecule has 1 unspecified atom stereocenters. The lowest BCUT2D eigenvalue weighted by molar-refractivity contribution is 0.598. The first-order valence-corrected chi connectivity index (χ1v) is 6.20. The average Bonchev–Trinajstić information content (AvgIpc) is 2.15. The van der Waals surface area contributed by atoms with E-state index in [1.807, 2.05) is 6.92 Å². The second-order valence-corrected chi connectivity index (χ2v) is 5.00. The molecule has 16 heavy (non-hydrogen) atoms. The Morgan fingerprint density at radius 3 is 2.56 bits per heavy atom. The van der Waals surface area contributed by atoms with E-state index in [9.17, 15) is 8.42 Å². The van der Waals surface area contributed by atoms with Crippen molar-refractivity contribution in [2.24, 2.45) is 5.14 Å². The van der Waals surface area contributed by atoms with Crippen molar-refractivity contribution in [2.45, 2.75) is 17.9 Å². The Balaban J connectivity index is 3.05. The van der Waals surface area contributed by atoms with E-state index >= 15 is 0 Å². The Labute approximate surface area is 95.2 Å². The molecule has 1 aromatic carbocycles. The molecule has 0 amide bonds. The first-order chi connectivity index (χ1) is 7.34. The molecule has 5 N–H and O–H groups in total. The minimum absolute atomic E-state index is 0.0655. The Morgan fingerprint density at radius 1 is 1.50 bits per heavy atom. The van der Waals surface area contributed by atoms with Crippen molar-refractivity contribution in [3.05, 3.63) is 30.9 Å². The molecular weight excluding hydrogens is 226 g/mol. The number of nitrogens with one attached hydrogen (secondary N) is 1. The van der Waals surface area contributed by atoms with Crippen molar-refractivity contribution in [2.75, 3.05) is 11.1 Å². The van der Waals surface area contributed by atoms with Gasteiger partial charge in [-0.1, -0.05) is 6.08 Å². The topological polar surface area (TPSA) is 98.2 Å². The maximum absolute atomic E-state index is 11.1. The molecule has 0 aromatic heterocycles. The van der Waals surface area contributed by atoms with Gasteiger partial charge in [0.15, 0.2) is 0 Å². The van der Waals surface area contributed by atoms with Crippen LogP contribution in [0.4, 0.5) is 11.4 Å². The molecule has 0 radical (unpaired) electrons. The molecule has 0 bridgehead atoms. The van der Waals surface area contributed by atoms with Crippen LogP contribution in [0.3, 0.4) is 0 Å². The average molecular weight is 241 g/mol. The van der Waals surface area contributed by atoms with Crippen molar-refractivity contribution in [3.8, 4) is 0 Å². The summed E-state index contributed by atoms with van der Waals surface area (Å²) in [6.07, 6.45) is 1.73. The first-order valence-electron chi connectivity index (χ1n) is 4.66. The van der Waals surface area contributed by atoms with Crippen LogP contribution in [0.15, 0.2) is 35.7 Å². The standard InChI is InChI=1S/C10H15N3O2S/c1-3-7(2)13-8-4-5-10(9(11)6-8)16(12,14)15/h3-7,13H,1,11H2,2H3,(H2,12,14,15). The summed E-state index contributed by atoms with van der Waals surface area (Å²) in [7, 11) is -3.76. The fourth-order valence-corrected chi connectivity index (χ4v) is 1.86. The smallest absolute Gasteiger partial charge is 0.240 e. The van der Waals surface area contributed by atoms with E-state index in [2.05, 4.69) is 11.9 Å². The summed E-state index contributed by atoms with van der Waals surface area (Å²) in [5, 5.41) is 8.07. The third-order valence-electron chi connectivity index (χ3n) is 2.06. The Hall–Kier alpha value is -1.53. The zero-order chi connectivity index (χ0) is 12.3. The van der Waals surface area contributed by atoms with Crippen LogP contribution in [0.25, 0.3) is 0 Å². The van der Waals surface area contributed by atoms with Gasteiger partial charge >= 0.3 is 0 Å². The number of nitrogen functional groups attached to an aromatic ring is 1. The van der Waals surface area contributed by atoms with Crippen LogP contribution < -0.4 is 16.2 Å². The molecule has 0 spiro atoms. The fourth-order valence-electron chi connectivity index (χ4n) is 1.22. The van der Waals surface area contributed by atoms with Crippen LogP contribution in [0.1, 0.15) is 6.92 Å². The molecule has 0 aliphatic carbocycles. The predicted octanol–water partition coefficient (Wildman–Crippen LogP) is 0.903. The van der Waals surface area contributed by atoms with E-state index in [-0.39, 0.29) is 16.6 Å². The van der Waals surface area contributed by atoms with E-state index in [1.165, 1.54) is 12.1 Å². The van der Waals surface area contributed by atoms with Crippen LogP contribution in [-0.4, -0.2) is 14.5 Å². The van der Waals surface area contributed by atoms with Crippen LogP contribution in [0.5, 0.6) is 0 Å². The van der Waals surface area contributed by atoms with Gasteiger partial charge in [-0.3, -0.25) is 0 Å². The zero-order valence-corrected chi connectivity index (χ0v) is 9.79. The molecule has 6 heteroatoms. The van der Waals surface area contributed by atoms with Gasteiger partial charge in [-0.2, -0.15) is 0 Å². The van der Waals surface area contributed by atoms with Gasteiger partial charge in [-0.05, 0) is 25.1 Å². The maximum Gasteiger partial charge on any atom is 0.240 e. The number of nitrogens with two attached hydrogens (primary N) is 2. The van der Waals surface area contributed by atoms with Crippen LogP contribution >= 0.6 is 0 Å². The number of hydrogen-bond donors (Lipinski definition) is 3. The highest BCUT2D eigenvalue weighted by Crippen LogP contribution is 2.21. The van der Waals surface area contributed by atoms with Crippen molar-refractivity contribution in [1.29, 1.82) is 0 Å². The van der Waals surface area contributed by atoms with Gasteiger partial charge in [0.2, 0.25) is 10.0 Å². The highest BCUT2D eigenvalue weighted by atomic mass is 32.2. The SMILES string of the molecule is C=CC(C)Nc1ccc(S(N)(=O)=O)c(N)c1. The van der Waals surface area contributed by atoms with Gasteiger partial charge in [0.1, 0.15) is 4.90 Å². The molecule has 0 saturated carbocycles. The summed E-state index contributed by atoms with van der Waals surface area (Å²) in [6, 6.07) is 4.58. The van der Waals surface area contributed by atoms with Gasteiger partial charge in [0.25, 0.3) is 0 Å². The van der Waals surface area contributed by atoms with Gasteiger partial charge in [0.05, 0.1) is 5.69 Å². The summed E-state index contributed by atoms with van der Waals surface area (Å²) in [5.74, 6) is 0. The van der Waals surface area contributed by atoms with E-state index < -0.39 is 10.0 Å². The largest absolute Gasteiger partial charge is 0.398 e. The van der Waals surface area contributed by atoms with Crippen LogP contribution in [-0.2, 0) is 10.0 Å². The number of sulfonamides is 1. The van der Waals surface area contributed by atoms with Crippen molar-refractivity contribution < 1.29 is 8.42 Å². The lowest BCUT2D eigenvalue weighted by atomic mass is 10.2. The van der Waals surface area contributed by atoms with Gasteiger partial charge in [0, 0.05) is 11.7 Å².